The first kappa shape index (κ1) is 20.6. The summed E-state index contributed by atoms with van der Waals surface area (Å²) in [6, 6.07) is 6.02. The molecule has 3 heterocycles. The van der Waals surface area contributed by atoms with Gasteiger partial charge in [-0.25, -0.2) is 14.4 Å². The van der Waals surface area contributed by atoms with E-state index in [0.29, 0.717) is 24.8 Å². The summed E-state index contributed by atoms with van der Waals surface area (Å²) in [6.45, 7) is 4.25. The summed E-state index contributed by atoms with van der Waals surface area (Å²) in [5, 5.41) is 0. The summed E-state index contributed by atoms with van der Waals surface area (Å²) in [5.74, 6) is 0.109. The molecule has 2 aliphatic rings. The zero-order valence-corrected chi connectivity index (χ0v) is 16.3. The van der Waals surface area contributed by atoms with Gasteiger partial charge in [0.15, 0.2) is 5.82 Å². The Bertz CT molecular complexity index is 865. The molecule has 6 nitrogen and oxygen atoms in total. The standard InChI is InChI=1S/C20H22F4N4O2/c1-13-18-6-5-17(29-15-3-2-4-16(9-15)30-20(22,23)24)12-27(18)7-8-28(13)19-25-10-14(21)11-26-19/h2-4,9-11,13,17-18H,5-8,12H2,1H3/t13?,17-,18+/m1/s1. The van der Waals surface area contributed by atoms with Crippen molar-refractivity contribution in [2.75, 3.05) is 24.5 Å². The lowest BCUT2D eigenvalue weighted by Gasteiger charge is -2.50. The number of ether oxygens (including phenoxy) is 2. The topological polar surface area (TPSA) is 50.7 Å². The first-order chi connectivity index (χ1) is 14.3. The second kappa shape index (κ2) is 8.25. The number of benzene rings is 1. The van der Waals surface area contributed by atoms with Crippen molar-refractivity contribution < 1.29 is 27.0 Å². The fourth-order valence-corrected chi connectivity index (χ4v) is 4.25. The monoisotopic (exact) mass is 426 g/mol. The van der Waals surface area contributed by atoms with Gasteiger partial charge in [0.05, 0.1) is 12.4 Å². The molecule has 0 radical (unpaired) electrons. The average Bonchev–Trinajstić information content (AvgIpc) is 2.68. The van der Waals surface area contributed by atoms with Crippen LogP contribution < -0.4 is 14.4 Å². The van der Waals surface area contributed by atoms with E-state index in [1.807, 2.05) is 0 Å². The number of aromatic nitrogens is 2. The van der Waals surface area contributed by atoms with Gasteiger partial charge in [0.2, 0.25) is 5.95 Å². The SMILES string of the molecule is CC1[C@@H]2CC[C@@H](Oc3cccc(OC(F)(F)F)c3)CN2CCN1c1ncc(F)cn1. The number of rotatable bonds is 4. The van der Waals surface area contributed by atoms with Crippen LogP contribution in [0, 0.1) is 5.82 Å². The van der Waals surface area contributed by atoms with Crippen molar-refractivity contribution in [3.8, 4) is 11.5 Å². The number of fused-ring (bicyclic) bond motifs is 1. The van der Waals surface area contributed by atoms with Crippen LogP contribution >= 0.6 is 0 Å². The Balaban J connectivity index is 1.37. The van der Waals surface area contributed by atoms with Crippen LogP contribution in [0.1, 0.15) is 19.8 Å². The zero-order valence-electron chi connectivity index (χ0n) is 16.3. The van der Waals surface area contributed by atoms with Gasteiger partial charge in [0.25, 0.3) is 0 Å². The fraction of sp³-hybridized carbons (Fsp3) is 0.500. The van der Waals surface area contributed by atoms with E-state index in [4.69, 9.17) is 4.74 Å². The smallest absolute Gasteiger partial charge is 0.489 e. The minimum Gasteiger partial charge on any atom is -0.489 e. The Kier molecular flexibility index (Phi) is 5.68. The Labute approximate surface area is 171 Å². The predicted octanol–water partition coefficient (Wildman–Crippen LogP) is 3.63. The van der Waals surface area contributed by atoms with Gasteiger partial charge in [-0.15, -0.1) is 13.2 Å². The highest BCUT2D eigenvalue weighted by atomic mass is 19.4. The lowest BCUT2D eigenvalue weighted by molar-refractivity contribution is -0.274. The molecule has 162 valence electrons. The minimum atomic E-state index is -4.74. The minimum absolute atomic E-state index is 0.122. The normalized spacial score (nSPS) is 25.0. The summed E-state index contributed by atoms with van der Waals surface area (Å²) in [4.78, 5) is 12.6. The Morgan fingerprint density at radius 3 is 2.53 bits per heavy atom. The first-order valence-corrected chi connectivity index (χ1v) is 9.79. The molecule has 4 rings (SSSR count). The number of halogens is 4. The van der Waals surface area contributed by atoms with Gasteiger partial charge in [-0.05, 0) is 31.9 Å². The summed E-state index contributed by atoms with van der Waals surface area (Å²) >= 11 is 0. The number of piperazine rings is 1. The van der Waals surface area contributed by atoms with Gasteiger partial charge < -0.3 is 14.4 Å². The van der Waals surface area contributed by atoms with E-state index in [-0.39, 0.29) is 23.9 Å². The van der Waals surface area contributed by atoms with Crippen molar-refractivity contribution in [1.82, 2.24) is 14.9 Å². The van der Waals surface area contributed by atoms with Crippen LogP contribution in [0.2, 0.25) is 0 Å². The third-order valence-electron chi connectivity index (χ3n) is 5.57. The van der Waals surface area contributed by atoms with Crippen molar-refractivity contribution in [2.45, 2.75) is 44.3 Å². The van der Waals surface area contributed by atoms with Crippen molar-refractivity contribution in [3.63, 3.8) is 0 Å². The van der Waals surface area contributed by atoms with Gasteiger partial charge >= 0.3 is 6.36 Å². The number of anilines is 1. The average molecular weight is 426 g/mol. The van der Waals surface area contributed by atoms with Crippen molar-refractivity contribution in [3.05, 3.63) is 42.5 Å². The molecule has 2 aliphatic heterocycles. The van der Waals surface area contributed by atoms with Crippen molar-refractivity contribution in [1.29, 1.82) is 0 Å². The second-order valence-corrected chi connectivity index (χ2v) is 7.54. The summed E-state index contributed by atoms with van der Waals surface area (Å²) in [7, 11) is 0. The molecular formula is C20H22F4N4O2. The molecule has 10 heteroatoms. The van der Waals surface area contributed by atoms with Crippen LogP contribution in [0.5, 0.6) is 11.5 Å². The van der Waals surface area contributed by atoms with Crippen LogP contribution in [0.3, 0.4) is 0 Å². The van der Waals surface area contributed by atoms with Gasteiger partial charge in [0.1, 0.15) is 17.6 Å². The third kappa shape index (κ3) is 4.75. The molecule has 1 aromatic heterocycles. The summed E-state index contributed by atoms with van der Waals surface area (Å²) < 4.78 is 60.3. The predicted molar refractivity (Wildman–Crippen MR) is 101 cm³/mol. The van der Waals surface area contributed by atoms with Crippen LogP contribution in [-0.2, 0) is 0 Å². The molecule has 0 spiro atoms. The maximum atomic E-state index is 13.1. The molecule has 3 atom stereocenters. The maximum Gasteiger partial charge on any atom is 0.573 e. The highest BCUT2D eigenvalue weighted by molar-refractivity contribution is 5.34. The largest absolute Gasteiger partial charge is 0.573 e. The molecule has 30 heavy (non-hydrogen) atoms. The van der Waals surface area contributed by atoms with E-state index in [0.717, 1.165) is 19.4 Å². The Morgan fingerprint density at radius 1 is 1.07 bits per heavy atom. The van der Waals surface area contributed by atoms with Crippen molar-refractivity contribution in [2.24, 2.45) is 0 Å². The van der Waals surface area contributed by atoms with Crippen LogP contribution in [0.15, 0.2) is 36.7 Å². The van der Waals surface area contributed by atoms with Crippen LogP contribution in [0.25, 0.3) is 0 Å². The number of hydrogen-bond donors (Lipinski definition) is 0. The summed E-state index contributed by atoms with van der Waals surface area (Å²) in [6.07, 6.45) is -0.883. The number of piperidine rings is 1. The zero-order chi connectivity index (χ0) is 21.3. The van der Waals surface area contributed by atoms with Crippen LogP contribution in [-0.4, -0.2) is 59.1 Å². The van der Waals surface area contributed by atoms with E-state index in [1.165, 1.54) is 30.6 Å². The quantitative estimate of drug-likeness (QED) is 0.696. The summed E-state index contributed by atoms with van der Waals surface area (Å²) in [5.41, 5.74) is 0. The molecule has 0 N–H and O–H groups in total. The molecule has 1 unspecified atom stereocenters. The van der Waals surface area contributed by atoms with Crippen LogP contribution in [0.4, 0.5) is 23.5 Å². The third-order valence-corrected chi connectivity index (χ3v) is 5.57. The van der Waals surface area contributed by atoms with Crippen molar-refractivity contribution >= 4 is 5.95 Å². The van der Waals surface area contributed by atoms with Gasteiger partial charge in [-0.1, -0.05) is 6.07 Å². The molecule has 2 saturated heterocycles. The lowest BCUT2D eigenvalue weighted by Crippen LogP contribution is -2.62. The maximum absolute atomic E-state index is 13.1. The molecule has 2 fully saturated rings. The Hall–Kier alpha value is -2.62. The van der Waals surface area contributed by atoms with E-state index < -0.39 is 12.2 Å². The number of alkyl halides is 3. The van der Waals surface area contributed by atoms with E-state index >= 15 is 0 Å². The molecule has 0 bridgehead atoms. The molecule has 1 aromatic carbocycles. The Morgan fingerprint density at radius 2 is 1.80 bits per heavy atom. The molecular weight excluding hydrogens is 404 g/mol. The van der Waals surface area contributed by atoms with E-state index in [2.05, 4.69) is 31.4 Å². The second-order valence-electron chi connectivity index (χ2n) is 7.54. The van der Waals surface area contributed by atoms with Gasteiger partial charge in [0, 0.05) is 37.8 Å². The molecule has 2 aromatic rings. The van der Waals surface area contributed by atoms with E-state index in [1.54, 1.807) is 6.07 Å². The fourth-order valence-electron chi connectivity index (χ4n) is 4.25. The number of nitrogens with zero attached hydrogens (tertiary/aromatic N) is 4. The van der Waals surface area contributed by atoms with E-state index in [9.17, 15) is 17.6 Å². The highest BCUT2D eigenvalue weighted by Gasteiger charge is 2.39. The number of hydrogen-bond acceptors (Lipinski definition) is 6. The first-order valence-electron chi connectivity index (χ1n) is 9.79. The highest BCUT2D eigenvalue weighted by Crippen LogP contribution is 2.31. The van der Waals surface area contributed by atoms with Gasteiger partial charge in [-0.2, -0.15) is 0 Å². The molecule has 0 aliphatic carbocycles. The lowest BCUT2D eigenvalue weighted by atomic mass is 9.92. The molecule has 0 amide bonds. The molecule has 0 saturated carbocycles. The van der Waals surface area contributed by atoms with Gasteiger partial charge in [-0.3, -0.25) is 4.90 Å².